The number of halogens is 3. The summed E-state index contributed by atoms with van der Waals surface area (Å²) < 4.78 is 42.4. The van der Waals surface area contributed by atoms with Gasteiger partial charge in [-0.15, -0.1) is 0 Å². The van der Waals surface area contributed by atoms with Gasteiger partial charge in [0.05, 0.1) is 5.56 Å². The summed E-state index contributed by atoms with van der Waals surface area (Å²) >= 11 is 1.30. The third-order valence-corrected chi connectivity index (χ3v) is 4.28. The molecule has 0 amide bonds. The van der Waals surface area contributed by atoms with Crippen LogP contribution in [-0.4, -0.2) is 35.5 Å². The highest BCUT2D eigenvalue weighted by Gasteiger charge is 2.30. The van der Waals surface area contributed by atoms with E-state index in [-0.39, 0.29) is 0 Å². The topological polar surface area (TPSA) is 41.1 Å². The van der Waals surface area contributed by atoms with Crippen LogP contribution in [0.25, 0.3) is 0 Å². The summed E-state index contributed by atoms with van der Waals surface area (Å²) in [5.74, 6) is 0.567. The Morgan fingerprint density at radius 3 is 2.73 bits per heavy atom. The molecule has 0 unspecified atom stereocenters. The Kier molecular flexibility index (Phi) is 4.30. The third-order valence-electron chi connectivity index (χ3n) is 3.46. The lowest BCUT2D eigenvalue weighted by Gasteiger charge is -2.26. The second kappa shape index (κ2) is 6.21. The molecule has 22 heavy (non-hydrogen) atoms. The van der Waals surface area contributed by atoms with Crippen molar-refractivity contribution in [2.45, 2.75) is 12.6 Å². The van der Waals surface area contributed by atoms with Crippen LogP contribution in [0.15, 0.2) is 24.3 Å². The maximum Gasteiger partial charge on any atom is 0.416 e. The van der Waals surface area contributed by atoms with E-state index < -0.39 is 11.7 Å². The smallest absolute Gasteiger partial charge is 0.344 e. The van der Waals surface area contributed by atoms with Gasteiger partial charge in [0.15, 0.2) is 0 Å². The molecule has 118 valence electrons. The SMILES string of the molecule is FC(F)(F)c1cccc(Cc2nsc(N3CCNCC3)n2)c1. The van der Waals surface area contributed by atoms with E-state index in [4.69, 9.17) is 0 Å². The number of aromatic nitrogens is 2. The zero-order chi connectivity index (χ0) is 15.6. The van der Waals surface area contributed by atoms with Crippen LogP contribution in [0.4, 0.5) is 18.3 Å². The Labute approximate surface area is 130 Å². The molecule has 3 rings (SSSR count). The Morgan fingerprint density at radius 1 is 1.23 bits per heavy atom. The van der Waals surface area contributed by atoms with Crippen molar-refractivity contribution in [1.82, 2.24) is 14.7 Å². The van der Waals surface area contributed by atoms with Crippen molar-refractivity contribution in [3.05, 3.63) is 41.2 Å². The first-order valence-electron chi connectivity index (χ1n) is 6.97. The zero-order valence-corrected chi connectivity index (χ0v) is 12.5. The number of rotatable bonds is 3. The average molecular weight is 328 g/mol. The number of nitrogens with zero attached hydrogens (tertiary/aromatic N) is 3. The number of piperazine rings is 1. The number of hydrogen-bond donors (Lipinski definition) is 1. The van der Waals surface area contributed by atoms with Crippen molar-refractivity contribution < 1.29 is 13.2 Å². The summed E-state index contributed by atoms with van der Waals surface area (Å²) in [7, 11) is 0. The molecule has 0 aliphatic carbocycles. The minimum absolute atomic E-state index is 0.312. The molecule has 2 heterocycles. The maximum absolute atomic E-state index is 12.7. The first-order chi connectivity index (χ1) is 10.5. The number of benzene rings is 1. The largest absolute Gasteiger partial charge is 0.416 e. The van der Waals surface area contributed by atoms with E-state index in [1.165, 1.54) is 17.6 Å². The van der Waals surface area contributed by atoms with Crippen molar-refractivity contribution in [3.63, 3.8) is 0 Å². The molecule has 1 aromatic heterocycles. The highest BCUT2D eigenvalue weighted by Crippen LogP contribution is 2.30. The van der Waals surface area contributed by atoms with Crippen LogP contribution in [-0.2, 0) is 12.6 Å². The van der Waals surface area contributed by atoms with Crippen LogP contribution in [0.1, 0.15) is 17.0 Å². The minimum Gasteiger partial charge on any atom is -0.344 e. The molecule has 1 aromatic carbocycles. The highest BCUT2D eigenvalue weighted by atomic mass is 32.1. The predicted octanol–water partition coefficient (Wildman–Crippen LogP) is 2.56. The normalized spacial score (nSPS) is 16.0. The van der Waals surface area contributed by atoms with Gasteiger partial charge in [-0.3, -0.25) is 0 Å². The van der Waals surface area contributed by atoms with Crippen LogP contribution < -0.4 is 10.2 Å². The van der Waals surface area contributed by atoms with Gasteiger partial charge in [-0.05, 0) is 11.6 Å². The summed E-state index contributed by atoms with van der Waals surface area (Å²) in [6.07, 6.45) is -4.01. The van der Waals surface area contributed by atoms with Gasteiger partial charge in [-0.2, -0.15) is 17.5 Å². The lowest BCUT2D eigenvalue weighted by atomic mass is 10.1. The van der Waals surface area contributed by atoms with Crippen LogP contribution in [0.3, 0.4) is 0 Å². The summed E-state index contributed by atoms with van der Waals surface area (Å²) in [6.45, 7) is 3.56. The van der Waals surface area contributed by atoms with Crippen molar-refractivity contribution >= 4 is 16.7 Å². The molecule has 1 aliphatic heterocycles. The molecule has 8 heteroatoms. The van der Waals surface area contributed by atoms with Crippen molar-refractivity contribution in [2.75, 3.05) is 31.1 Å². The number of nitrogens with one attached hydrogen (secondary N) is 1. The van der Waals surface area contributed by atoms with Crippen molar-refractivity contribution in [1.29, 1.82) is 0 Å². The molecular formula is C14H15F3N4S. The summed E-state index contributed by atoms with van der Waals surface area (Å²) in [5, 5.41) is 4.10. The van der Waals surface area contributed by atoms with E-state index >= 15 is 0 Å². The fourth-order valence-electron chi connectivity index (χ4n) is 2.34. The Bertz CT molecular complexity index is 635. The Hall–Kier alpha value is -1.67. The van der Waals surface area contributed by atoms with Crippen LogP contribution >= 0.6 is 11.5 Å². The van der Waals surface area contributed by atoms with Crippen LogP contribution in [0.2, 0.25) is 0 Å². The lowest BCUT2D eigenvalue weighted by molar-refractivity contribution is -0.137. The van der Waals surface area contributed by atoms with Gasteiger partial charge in [0.2, 0.25) is 5.13 Å². The molecule has 1 fully saturated rings. The molecule has 0 spiro atoms. The molecular weight excluding hydrogens is 313 g/mol. The third kappa shape index (κ3) is 3.56. The molecule has 1 aliphatic rings. The van der Waals surface area contributed by atoms with E-state index in [9.17, 15) is 13.2 Å². The minimum atomic E-state index is -4.32. The summed E-state index contributed by atoms with van der Waals surface area (Å²) in [5.41, 5.74) is -0.0676. The Balaban J connectivity index is 1.72. The fraction of sp³-hybridized carbons (Fsp3) is 0.429. The predicted molar refractivity (Wildman–Crippen MR) is 79.2 cm³/mol. The molecule has 1 N–H and O–H groups in total. The van der Waals surface area contributed by atoms with Crippen molar-refractivity contribution in [3.8, 4) is 0 Å². The maximum atomic E-state index is 12.7. The zero-order valence-electron chi connectivity index (χ0n) is 11.7. The molecule has 4 nitrogen and oxygen atoms in total. The summed E-state index contributed by atoms with van der Waals surface area (Å²) in [4.78, 5) is 6.59. The monoisotopic (exact) mass is 328 g/mol. The van der Waals surface area contributed by atoms with Crippen LogP contribution in [0.5, 0.6) is 0 Å². The van der Waals surface area contributed by atoms with Gasteiger partial charge in [0, 0.05) is 44.1 Å². The van der Waals surface area contributed by atoms with Crippen LogP contribution in [0, 0.1) is 0 Å². The van der Waals surface area contributed by atoms with Gasteiger partial charge in [-0.1, -0.05) is 18.2 Å². The van der Waals surface area contributed by atoms with Gasteiger partial charge in [-0.25, -0.2) is 4.98 Å². The molecule has 1 saturated heterocycles. The van der Waals surface area contributed by atoms with E-state index in [2.05, 4.69) is 19.6 Å². The number of alkyl halides is 3. The second-order valence-electron chi connectivity index (χ2n) is 5.11. The van der Waals surface area contributed by atoms with Gasteiger partial charge in [0.25, 0.3) is 0 Å². The number of anilines is 1. The van der Waals surface area contributed by atoms with Gasteiger partial charge >= 0.3 is 6.18 Å². The highest BCUT2D eigenvalue weighted by molar-refractivity contribution is 7.09. The van der Waals surface area contributed by atoms with E-state index in [1.807, 2.05) is 0 Å². The molecule has 2 aromatic rings. The number of hydrogen-bond acceptors (Lipinski definition) is 5. The fourth-order valence-corrected chi connectivity index (χ4v) is 3.08. The average Bonchev–Trinajstić information content (AvgIpc) is 2.96. The van der Waals surface area contributed by atoms with E-state index in [1.54, 1.807) is 6.07 Å². The second-order valence-corrected chi connectivity index (χ2v) is 5.84. The van der Waals surface area contributed by atoms with Crippen molar-refractivity contribution in [2.24, 2.45) is 0 Å². The standard InChI is InChI=1S/C14H15F3N4S/c15-14(16,17)11-3-1-2-10(8-11)9-12-19-13(22-20-12)21-6-4-18-5-7-21/h1-3,8,18H,4-7,9H2. The van der Waals surface area contributed by atoms with Gasteiger partial charge in [0.1, 0.15) is 5.82 Å². The van der Waals surface area contributed by atoms with E-state index in [0.717, 1.165) is 43.4 Å². The quantitative estimate of drug-likeness (QED) is 0.940. The molecule has 0 radical (unpaired) electrons. The van der Waals surface area contributed by atoms with Gasteiger partial charge < -0.3 is 10.2 Å². The molecule has 0 saturated carbocycles. The molecule has 0 atom stereocenters. The van der Waals surface area contributed by atoms with E-state index in [0.29, 0.717) is 17.8 Å². The first-order valence-corrected chi connectivity index (χ1v) is 7.74. The molecule has 0 bridgehead atoms. The Morgan fingerprint density at radius 2 is 2.00 bits per heavy atom. The first kappa shape index (κ1) is 15.2. The lowest BCUT2D eigenvalue weighted by Crippen LogP contribution is -2.43. The summed E-state index contributed by atoms with van der Waals surface area (Å²) in [6, 6.07) is 5.32.